The molecule has 0 aliphatic carbocycles. The summed E-state index contributed by atoms with van der Waals surface area (Å²) in [5, 5.41) is 4.11. The molecule has 1 aromatic carbocycles. The van der Waals surface area contributed by atoms with Crippen LogP contribution >= 0.6 is 0 Å². The van der Waals surface area contributed by atoms with E-state index in [0.29, 0.717) is 18.3 Å². The Morgan fingerprint density at radius 2 is 1.88 bits per heavy atom. The number of rotatable bonds is 8. The van der Waals surface area contributed by atoms with Crippen molar-refractivity contribution in [3.63, 3.8) is 0 Å². The van der Waals surface area contributed by atoms with Gasteiger partial charge in [-0.05, 0) is 19.1 Å². The highest BCUT2D eigenvalue weighted by atomic mass is 16.5. The van der Waals surface area contributed by atoms with Gasteiger partial charge in [-0.25, -0.2) is 0 Å². The molecule has 1 fully saturated rings. The Kier molecular flexibility index (Phi) is 6.38. The van der Waals surface area contributed by atoms with Gasteiger partial charge >= 0.3 is 0 Å². The van der Waals surface area contributed by atoms with E-state index in [0.717, 1.165) is 57.3 Å². The lowest BCUT2D eigenvalue weighted by atomic mass is 10.2. The van der Waals surface area contributed by atoms with Gasteiger partial charge in [-0.15, -0.1) is 0 Å². The first kappa shape index (κ1) is 17.8. The summed E-state index contributed by atoms with van der Waals surface area (Å²) in [5.41, 5.74) is 0.848. The molecule has 1 aliphatic rings. The first-order chi connectivity index (χ1) is 12.3. The van der Waals surface area contributed by atoms with E-state index in [-0.39, 0.29) is 0 Å². The Labute approximate surface area is 148 Å². The molecular weight excluding hydrogens is 320 g/mol. The molecule has 0 saturated carbocycles. The summed E-state index contributed by atoms with van der Waals surface area (Å²) in [6.07, 6.45) is 0. The Hall–Kier alpha value is -1.96. The van der Waals surface area contributed by atoms with Crippen molar-refractivity contribution in [3.8, 4) is 17.1 Å². The average Bonchev–Trinajstić information content (AvgIpc) is 3.11. The molecule has 136 valence electrons. The number of hydrogen-bond donors (Lipinski definition) is 0. The number of hydrogen-bond acceptors (Lipinski definition) is 7. The fourth-order valence-corrected chi connectivity index (χ4v) is 2.96. The van der Waals surface area contributed by atoms with Crippen LogP contribution in [0.5, 0.6) is 5.75 Å². The van der Waals surface area contributed by atoms with Crippen molar-refractivity contribution >= 4 is 0 Å². The number of piperazine rings is 1. The van der Waals surface area contributed by atoms with Crippen LogP contribution in [-0.4, -0.2) is 73.0 Å². The van der Waals surface area contributed by atoms with Gasteiger partial charge in [-0.1, -0.05) is 17.3 Å². The van der Waals surface area contributed by atoms with Gasteiger partial charge in [0.15, 0.2) is 0 Å². The normalized spacial score (nSPS) is 16.2. The van der Waals surface area contributed by atoms with Crippen molar-refractivity contribution in [1.82, 2.24) is 19.9 Å². The molecule has 1 aromatic heterocycles. The molecule has 0 atom stereocenters. The van der Waals surface area contributed by atoms with E-state index in [1.807, 2.05) is 31.2 Å². The second kappa shape index (κ2) is 8.94. The molecule has 0 spiro atoms. The Balaban J connectivity index is 1.53. The Morgan fingerprint density at radius 3 is 2.64 bits per heavy atom. The third-order valence-corrected chi connectivity index (χ3v) is 4.40. The van der Waals surface area contributed by atoms with E-state index < -0.39 is 0 Å². The number of para-hydroxylation sites is 1. The van der Waals surface area contributed by atoms with Crippen LogP contribution in [0.3, 0.4) is 0 Å². The molecule has 0 bridgehead atoms. The fourth-order valence-electron chi connectivity index (χ4n) is 2.96. The van der Waals surface area contributed by atoms with E-state index in [1.165, 1.54) is 0 Å². The minimum atomic E-state index is 0.572. The van der Waals surface area contributed by atoms with E-state index in [4.69, 9.17) is 14.0 Å². The van der Waals surface area contributed by atoms with Crippen LogP contribution in [0, 0.1) is 0 Å². The molecule has 1 aliphatic heterocycles. The van der Waals surface area contributed by atoms with E-state index >= 15 is 0 Å². The lowest BCUT2D eigenvalue weighted by molar-refractivity contribution is 0.0749. The number of methoxy groups -OCH3 is 1. The van der Waals surface area contributed by atoms with Gasteiger partial charge in [0, 0.05) is 39.3 Å². The van der Waals surface area contributed by atoms with Crippen LogP contribution in [0.2, 0.25) is 0 Å². The largest absolute Gasteiger partial charge is 0.496 e. The standard InChI is InChI=1S/C18H26N4O3/c1-3-24-13-12-21-8-10-22(11-9-21)14-17-19-18(20-25-17)15-6-4-5-7-16(15)23-2/h4-7H,3,8-14H2,1-2H3. The van der Waals surface area contributed by atoms with Gasteiger partial charge in [0.05, 0.1) is 25.8 Å². The second-order valence-corrected chi connectivity index (χ2v) is 6.03. The van der Waals surface area contributed by atoms with Gasteiger partial charge in [0.2, 0.25) is 11.7 Å². The van der Waals surface area contributed by atoms with Gasteiger partial charge in [0.1, 0.15) is 5.75 Å². The molecule has 0 N–H and O–H groups in total. The molecule has 2 aromatic rings. The molecule has 0 amide bonds. The Morgan fingerprint density at radius 1 is 1.12 bits per heavy atom. The topological polar surface area (TPSA) is 63.9 Å². The highest BCUT2D eigenvalue weighted by molar-refractivity contribution is 5.63. The first-order valence-corrected chi connectivity index (χ1v) is 8.78. The highest BCUT2D eigenvalue weighted by Crippen LogP contribution is 2.27. The van der Waals surface area contributed by atoms with Crippen LogP contribution in [0.25, 0.3) is 11.4 Å². The smallest absolute Gasteiger partial charge is 0.241 e. The maximum atomic E-state index is 5.44. The molecule has 0 unspecified atom stereocenters. The van der Waals surface area contributed by atoms with Crippen molar-refractivity contribution in [3.05, 3.63) is 30.2 Å². The number of nitrogens with zero attached hydrogens (tertiary/aromatic N) is 4. The predicted octanol–water partition coefficient (Wildman–Crippen LogP) is 1.90. The maximum Gasteiger partial charge on any atom is 0.241 e. The summed E-state index contributed by atoms with van der Waals surface area (Å²) in [4.78, 5) is 9.30. The van der Waals surface area contributed by atoms with Crippen LogP contribution < -0.4 is 4.74 Å². The summed E-state index contributed by atoms with van der Waals surface area (Å²) >= 11 is 0. The molecule has 3 rings (SSSR count). The second-order valence-electron chi connectivity index (χ2n) is 6.03. The molecule has 0 radical (unpaired) electrons. The minimum Gasteiger partial charge on any atom is -0.496 e. The van der Waals surface area contributed by atoms with Crippen molar-refractivity contribution in [1.29, 1.82) is 0 Å². The van der Waals surface area contributed by atoms with Gasteiger partial charge in [0.25, 0.3) is 0 Å². The SMILES string of the molecule is CCOCCN1CCN(Cc2nc(-c3ccccc3OC)no2)CC1. The summed E-state index contributed by atoms with van der Waals surface area (Å²) < 4.78 is 16.2. The zero-order valence-corrected chi connectivity index (χ0v) is 15.0. The third-order valence-electron chi connectivity index (χ3n) is 4.40. The zero-order valence-electron chi connectivity index (χ0n) is 15.0. The molecular formula is C18H26N4O3. The van der Waals surface area contributed by atoms with E-state index in [9.17, 15) is 0 Å². The summed E-state index contributed by atoms with van der Waals surface area (Å²) in [7, 11) is 1.64. The summed E-state index contributed by atoms with van der Waals surface area (Å²) in [5.74, 6) is 1.96. The molecule has 7 nitrogen and oxygen atoms in total. The summed E-state index contributed by atoms with van der Waals surface area (Å²) in [6.45, 7) is 9.38. The first-order valence-electron chi connectivity index (χ1n) is 8.78. The maximum absolute atomic E-state index is 5.44. The van der Waals surface area contributed by atoms with Crippen LogP contribution in [0.4, 0.5) is 0 Å². The average molecular weight is 346 g/mol. The highest BCUT2D eigenvalue weighted by Gasteiger charge is 2.20. The fraction of sp³-hybridized carbons (Fsp3) is 0.556. The van der Waals surface area contributed by atoms with Crippen LogP contribution in [0.1, 0.15) is 12.8 Å². The molecule has 2 heterocycles. The van der Waals surface area contributed by atoms with Gasteiger partial charge in [-0.2, -0.15) is 4.98 Å². The van der Waals surface area contributed by atoms with Crippen molar-refractivity contribution < 1.29 is 14.0 Å². The quantitative estimate of drug-likeness (QED) is 0.676. The zero-order chi connectivity index (χ0) is 17.5. The van der Waals surface area contributed by atoms with Gasteiger partial charge < -0.3 is 14.0 Å². The monoisotopic (exact) mass is 346 g/mol. The van der Waals surface area contributed by atoms with Gasteiger partial charge in [-0.3, -0.25) is 9.80 Å². The number of benzene rings is 1. The summed E-state index contributed by atoms with van der Waals surface area (Å²) in [6, 6.07) is 7.70. The molecule has 7 heteroatoms. The number of ether oxygens (including phenoxy) is 2. The third kappa shape index (κ3) is 4.78. The van der Waals surface area contributed by atoms with Crippen molar-refractivity contribution in [2.45, 2.75) is 13.5 Å². The lowest BCUT2D eigenvalue weighted by Crippen LogP contribution is -2.46. The minimum absolute atomic E-state index is 0.572. The molecule has 25 heavy (non-hydrogen) atoms. The number of aromatic nitrogens is 2. The Bertz CT molecular complexity index is 653. The molecule has 1 saturated heterocycles. The van der Waals surface area contributed by atoms with Crippen LogP contribution in [-0.2, 0) is 11.3 Å². The lowest BCUT2D eigenvalue weighted by Gasteiger charge is -2.33. The van der Waals surface area contributed by atoms with E-state index in [2.05, 4.69) is 19.9 Å². The van der Waals surface area contributed by atoms with Crippen molar-refractivity contribution in [2.75, 3.05) is 53.0 Å². The van der Waals surface area contributed by atoms with E-state index in [1.54, 1.807) is 7.11 Å². The van der Waals surface area contributed by atoms with Crippen molar-refractivity contribution in [2.24, 2.45) is 0 Å². The van der Waals surface area contributed by atoms with Crippen LogP contribution in [0.15, 0.2) is 28.8 Å². The predicted molar refractivity (Wildman–Crippen MR) is 94.5 cm³/mol.